The van der Waals surface area contributed by atoms with E-state index in [1.54, 1.807) is 0 Å². The van der Waals surface area contributed by atoms with Gasteiger partial charge in [0.2, 0.25) is 5.91 Å². The molecule has 0 saturated carbocycles. The van der Waals surface area contributed by atoms with Gasteiger partial charge in [-0.2, -0.15) is 5.10 Å². The number of aromatic nitrogens is 4. The highest BCUT2D eigenvalue weighted by Crippen LogP contribution is 2.22. The predicted octanol–water partition coefficient (Wildman–Crippen LogP) is 2.55. The number of hydrogen-bond acceptors (Lipinski definition) is 3. The van der Waals surface area contributed by atoms with Crippen LogP contribution in [0.5, 0.6) is 0 Å². The molecule has 3 rings (SSSR count). The summed E-state index contributed by atoms with van der Waals surface area (Å²) < 4.78 is 2.17. The Morgan fingerprint density at radius 1 is 1.33 bits per heavy atom. The molecule has 1 saturated heterocycles. The van der Waals surface area contributed by atoms with E-state index in [1.165, 1.54) is 6.42 Å². The van der Waals surface area contributed by atoms with Crippen LogP contribution in [-0.4, -0.2) is 43.1 Å². The second-order valence-corrected chi connectivity index (χ2v) is 6.78. The molecule has 1 aliphatic heterocycles. The van der Waals surface area contributed by atoms with E-state index >= 15 is 0 Å². The minimum atomic E-state index is 0.231. The third kappa shape index (κ3) is 3.52. The standard InChI is InChI=1S/C18H27N5O/c1-13-17(14(2)21-20-13)12-18(24)23-9-5-4-6-16(23)7-10-22-11-8-19-15(22)3/h8,11,16H,4-7,9-10,12H2,1-3H3,(H,20,21). The highest BCUT2D eigenvalue weighted by atomic mass is 16.2. The van der Waals surface area contributed by atoms with E-state index < -0.39 is 0 Å². The van der Waals surface area contributed by atoms with E-state index in [1.807, 2.05) is 33.2 Å². The van der Waals surface area contributed by atoms with Crippen LogP contribution in [0.2, 0.25) is 0 Å². The molecule has 0 aromatic carbocycles. The molecular formula is C18H27N5O. The summed E-state index contributed by atoms with van der Waals surface area (Å²) in [6, 6.07) is 0.334. The highest BCUT2D eigenvalue weighted by Gasteiger charge is 2.27. The molecule has 0 spiro atoms. The Balaban J connectivity index is 1.65. The Morgan fingerprint density at radius 3 is 2.83 bits per heavy atom. The third-order valence-corrected chi connectivity index (χ3v) is 5.18. The number of amides is 1. The van der Waals surface area contributed by atoms with Gasteiger partial charge in [-0.05, 0) is 46.5 Å². The number of hydrogen-bond donors (Lipinski definition) is 1. The number of H-pyrrole nitrogens is 1. The van der Waals surface area contributed by atoms with Gasteiger partial charge in [-0.3, -0.25) is 9.89 Å². The summed E-state index contributed by atoms with van der Waals surface area (Å²) in [5, 5.41) is 7.18. The molecule has 2 aromatic rings. The number of nitrogens with one attached hydrogen (secondary N) is 1. The number of likely N-dealkylation sites (tertiary alicyclic amines) is 1. The van der Waals surface area contributed by atoms with Gasteiger partial charge in [-0.25, -0.2) is 4.98 Å². The summed E-state index contributed by atoms with van der Waals surface area (Å²) in [5.41, 5.74) is 2.99. The van der Waals surface area contributed by atoms with Crippen molar-refractivity contribution in [3.8, 4) is 0 Å². The van der Waals surface area contributed by atoms with Gasteiger partial charge < -0.3 is 9.47 Å². The summed E-state index contributed by atoms with van der Waals surface area (Å²) in [6.45, 7) is 7.76. The number of carbonyl (C=O) groups excluding carboxylic acids is 1. The van der Waals surface area contributed by atoms with Crippen molar-refractivity contribution in [3.63, 3.8) is 0 Å². The largest absolute Gasteiger partial charge is 0.339 e. The summed E-state index contributed by atoms with van der Waals surface area (Å²) in [4.78, 5) is 19.2. The van der Waals surface area contributed by atoms with Crippen molar-refractivity contribution in [1.82, 2.24) is 24.6 Å². The van der Waals surface area contributed by atoms with Crippen molar-refractivity contribution in [2.75, 3.05) is 6.54 Å². The van der Waals surface area contributed by atoms with Gasteiger partial charge in [0.05, 0.1) is 12.1 Å². The Morgan fingerprint density at radius 2 is 2.17 bits per heavy atom. The van der Waals surface area contributed by atoms with E-state index in [0.29, 0.717) is 12.5 Å². The van der Waals surface area contributed by atoms with Crippen LogP contribution in [0.1, 0.15) is 48.5 Å². The zero-order valence-corrected chi connectivity index (χ0v) is 14.9. The summed E-state index contributed by atoms with van der Waals surface area (Å²) in [6.07, 6.45) is 8.72. The topological polar surface area (TPSA) is 66.8 Å². The van der Waals surface area contributed by atoms with Crippen molar-refractivity contribution >= 4 is 5.91 Å². The molecule has 1 N–H and O–H groups in total. The fourth-order valence-corrected chi connectivity index (χ4v) is 3.64. The minimum Gasteiger partial charge on any atom is -0.339 e. The van der Waals surface area contributed by atoms with Crippen molar-refractivity contribution in [3.05, 3.63) is 35.2 Å². The lowest BCUT2D eigenvalue weighted by Crippen LogP contribution is -2.45. The first-order chi connectivity index (χ1) is 11.6. The number of piperidine rings is 1. The molecule has 1 unspecified atom stereocenters. The van der Waals surface area contributed by atoms with Crippen molar-refractivity contribution in [1.29, 1.82) is 0 Å². The number of imidazole rings is 1. The molecule has 0 bridgehead atoms. The molecule has 0 aliphatic carbocycles. The summed E-state index contributed by atoms with van der Waals surface area (Å²) in [7, 11) is 0. The maximum Gasteiger partial charge on any atom is 0.227 e. The highest BCUT2D eigenvalue weighted by molar-refractivity contribution is 5.79. The van der Waals surface area contributed by atoms with Crippen LogP contribution in [0.3, 0.4) is 0 Å². The molecule has 6 nitrogen and oxygen atoms in total. The molecule has 6 heteroatoms. The lowest BCUT2D eigenvalue weighted by molar-refractivity contribution is -0.134. The van der Waals surface area contributed by atoms with Crippen molar-refractivity contribution < 1.29 is 4.79 Å². The zero-order valence-electron chi connectivity index (χ0n) is 14.9. The number of aromatic amines is 1. The summed E-state index contributed by atoms with van der Waals surface area (Å²) >= 11 is 0. The first-order valence-corrected chi connectivity index (χ1v) is 8.84. The van der Waals surface area contributed by atoms with E-state index in [2.05, 4.69) is 24.6 Å². The molecule has 24 heavy (non-hydrogen) atoms. The SMILES string of the molecule is Cc1n[nH]c(C)c1CC(=O)N1CCCCC1CCn1ccnc1C. The predicted molar refractivity (Wildman–Crippen MR) is 92.7 cm³/mol. The minimum absolute atomic E-state index is 0.231. The molecule has 1 atom stereocenters. The molecule has 2 aromatic heterocycles. The van der Waals surface area contributed by atoms with Gasteiger partial charge in [0, 0.05) is 42.8 Å². The maximum atomic E-state index is 12.9. The lowest BCUT2D eigenvalue weighted by Gasteiger charge is -2.36. The fraction of sp³-hybridized carbons (Fsp3) is 0.611. The van der Waals surface area contributed by atoms with Crippen LogP contribution in [0.25, 0.3) is 0 Å². The Hall–Kier alpha value is -2.11. The summed E-state index contributed by atoms with van der Waals surface area (Å²) in [5.74, 6) is 1.27. The van der Waals surface area contributed by atoms with Gasteiger partial charge in [0.15, 0.2) is 0 Å². The van der Waals surface area contributed by atoms with Crippen molar-refractivity contribution in [2.45, 2.75) is 65.5 Å². The van der Waals surface area contributed by atoms with E-state index in [4.69, 9.17) is 0 Å². The number of aryl methyl sites for hydroxylation is 4. The van der Waals surface area contributed by atoms with Crippen LogP contribution in [-0.2, 0) is 17.8 Å². The van der Waals surface area contributed by atoms with Crippen LogP contribution < -0.4 is 0 Å². The van der Waals surface area contributed by atoms with E-state index in [9.17, 15) is 4.79 Å². The maximum absolute atomic E-state index is 12.9. The second kappa shape index (κ2) is 7.20. The molecule has 130 valence electrons. The zero-order chi connectivity index (χ0) is 17.1. The molecule has 1 fully saturated rings. The molecule has 0 radical (unpaired) electrons. The first kappa shape index (κ1) is 16.7. The molecular weight excluding hydrogens is 302 g/mol. The number of rotatable bonds is 5. The van der Waals surface area contributed by atoms with Gasteiger partial charge in [0.25, 0.3) is 0 Å². The molecule has 1 amide bonds. The van der Waals surface area contributed by atoms with Gasteiger partial charge in [-0.15, -0.1) is 0 Å². The first-order valence-electron chi connectivity index (χ1n) is 8.84. The Labute approximate surface area is 143 Å². The lowest BCUT2D eigenvalue weighted by atomic mass is 9.98. The molecule has 3 heterocycles. The molecule has 1 aliphatic rings. The quantitative estimate of drug-likeness (QED) is 0.916. The number of carbonyl (C=O) groups is 1. The average molecular weight is 329 g/mol. The van der Waals surface area contributed by atoms with Gasteiger partial charge in [-0.1, -0.05) is 0 Å². The van der Waals surface area contributed by atoms with Crippen LogP contribution in [0.15, 0.2) is 12.4 Å². The monoisotopic (exact) mass is 329 g/mol. The van der Waals surface area contributed by atoms with E-state index in [0.717, 1.165) is 55.1 Å². The third-order valence-electron chi connectivity index (χ3n) is 5.18. The Bertz CT molecular complexity index is 683. The Kier molecular flexibility index (Phi) is 5.02. The van der Waals surface area contributed by atoms with E-state index in [-0.39, 0.29) is 5.91 Å². The second-order valence-electron chi connectivity index (χ2n) is 6.78. The fourth-order valence-electron chi connectivity index (χ4n) is 3.64. The smallest absolute Gasteiger partial charge is 0.227 e. The van der Waals surface area contributed by atoms with Gasteiger partial charge >= 0.3 is 0 Å². The van der Waals surface area contributed by atoms with Crippen LogP contribution in [0, 0.1) is 20.8 Å². The average Bonchev–Trinajstić information content (AvgIpc) is 3.13. The van der Waals surface area contributed by atoms with Crippen LogP contribution in [0.4, 0.5) is 0 Å². The number of nitrogens with zero attached hydrogens (tertiary/aromatic N) is 4. The van der Waals surface area contributed by atoms with Crippen molar-refractivity contribution in [2.24, 2.45) is 0 Å². The van der Waals surface area contributed by atoms with Crippen LogP contribution >= 0.6 is 0 Å². The normalized spacial score (nSPS) is 18.1. The van der Waals surface area contributed by atoms with Gasteiger partial charge in [0.1, 0.15) is 5.82 Å².